The van der Waals surface area contributed by atoms with Crippen molar-refractivity contribution in [3.8, 4) is 46.0 Å². The van der Waals surface area contributed by atoms with E-state index < -0.39 is 0 Å². The van der Waals surface area contributed by atoms with Gasteiger partial charge in [0.2, 0.25) is 11.5 Å². The lowest BCUT2D eigenvalue weighted by atomic mass is 9.99. The molecule has 3 aliphatic rings. The van der Waals surface area contributed by atoms with E-state index in [2.05, 4.69) is 10.1 Å². The second kappa shape index (κ2) is 15.5. The van der Waals surface area contributed by atoms with Crippen molar-refractivity contribution < 1.29 is 47.5 Å². The average Bonchev–Trinajstić information content (AvgIpc) is 3.82. The van der Waals surface area contributed by atoms with Gasteiger partial charge in [-0.05, 0) is 56.0 Å². The topological polar surface area (TPSA) is 128 Å². The van der Waals surface area contributed by atoms with Crippen LogP contribution in [0.3, 0.4) is 0 Å². The second-order valence-electron chi connectivity index (χ2n) is 11.9. The summed E-state index contributed by atoms with van der Waals surface area (Å²) in [5, 5.41) is 4.36. The van der Waals surface area contributed by atoms with Crippen LogP contribution < -0.4 is 37.9 Å². The number of unbranched alkanes of at least 4 members (excludes halogenated alkanes) is 1. The Morgan fingerprint density at radius 3 is 2.02 bits per heavy atom. The van der Waals surface area contributed by atoms with E-state index >= 15 is 0 Å². The van der Waals surface area contributed by atoms with E-state index in [1.54, 1.807) is 54.8 Å². The van der Waals surface area contributed by atoms with Gasteiger partial charge >= 0.3 is 0 Å². The molecule has 0 radical (unpaired) electrons. The summed E-state index contributed by atoms with van der Waals surface area (Å²) in [6.45, 7) is 1.56. The second-order valence-corrected chi connectivity index (χ2v) is 11.9. The van der Waals surface area contributed by atoms with Gasteiger partial charge in [0.05, 0.1) is 78.9 Å². The van der Waals surface area contributed by atoms with Crippen molar-refractivity contribution >= 4 is 23.5 Å². The van der Waals surface area contributed by atoms with Gasteiger partial charge in [-0.3, -0.25) is 9.79 Å². The summed E-state index contributed by atoms with van der Waals surface area (Å²) in [6.07, 6.45) is 5.31. The summed E-state index contributed by atoms with van der Waals surface area (Å²) in [5.74, 6) is 4.14. The fourth-order valence-corrected chi connectivity index (χ4v) is 6.38. The van der Waals surface area contributed by atoms with Crippen LogP contribution in [0.5, 0.6) is 46.0 Å². The molecule has 266 valence electrons. The highest BCUT2D eigenvalue weighted by Gasteiger charge is 2.33. The summed E-state index contributed by atoms with van der Waals surface area (Å²) in [7, 11) is 9.45. The van der Waals surface area contributed by atoms with Gasteiger partial charge in [0.25, 0.3) is 5.91 Å². The third kappa shape index (κ3) is 6.89. The summed E-state index contributed by atoms with van der Waals surface area (Å²) in [5.41, 5.74) is 3.49. The van der Waals surface area contributed by atoms with Crippen LogP contribution >= 0.6 is 0 Å². The summed E-state index contributed by atoms with van der Waals surface area (Å²) >= 11 is 0. The molecule has 3 aromatic rings. The largest absolute Gasteiger partial charge is 0.493 e. The highest BCUT2D eigenvalue weighted by Crippen LogP contribution is 2.44. The maximum Gasteiger partial charge on any atom is 0.256 e. The zero-order chi connectivity index (χ0) is 35.2. The number of ether oxygens (including phenoxy) is 8. The number of aliphatic imine (C=N–C) groups is 1. The van der Waals surface area contributed by atoms with Crippen molar-refractivity contribution in [2.45, 2.75) is 44.2 Å². The maximum absolute atomic E-state index is 13.1. The molecule has 1 saturated heterocycles. The number of benzene rings is 3. The Kier molecular flexibility index (Phi) is 10.7. The summed E-state index contributed by atoms with van der Waals surface area (Å²) in [4.78, 5) is 25.5. The first kappa shape index (κ1) is 34.5. The van der Waals surface area contributed by atoms with E-state index in [9.17, 15) is 4.79 Å². The smallest absolute Gasteiger partial charge is 0.256 e. The average molecular weight is 690 g/mol. The van der Waals surface area contributed by atoms with Crippen LogP contribution in [0.15, 0.2) is 46.5 Å². The SMILES string of the molecule is COc1cc2c(cc1OCCCCOc1c(OC)cc(C3CC(c4cc(OC)c(OC)c(OC)c4)=NO3)cc1OC)N=C[C@@H]1CCCN1C2=O. The molecule has 3 aromatic carbocycles. The van der Waals surface area contributed by atoms with Crippen LogP contribution in [0, 0.1) is 0 Å². The van der Waals surface area contributed by atoms with Crippen molar-refractivity contribution in [1.82, 2.24) is 4.90 Å². The van der Waals surface area contributed by atoms with E-state index in [-0.39, 0.29) is 18.1 Å². The van der Waals surface area contributed by atoms with Crippen molar-refractivity contribution in [2.75, 3.05) is 62.4 Å². The van der Waals surface area contributed by atoms with Gasteiger partial charge in [0.15, 0.2) is 40.6 Å². The van der Waals surface area contributed by atoms with Crippen LogP contribution in [0.1, 0.15) is 59.7 Å². The summed E-state index contributed by atoms with van der Waals surface area (Å²) in [6, 6.07) is 11.0. The molecule has 2 atom stereocenters. The molecule has 1 unspecified atom stereocenters. The van der Waals surface area contributed by atoms with Gasteiger partial charge in [-0.25, -0.2) is 0 Å². The first-order chi connectivity index (χ1) is 24.4. The molecule has 1 amide bonds. The zero-order valence-electron chi connectivity index (χ0n) is 29.3. The molecule has 3 aliphatic heterocycles. The minimum Gasteiger partial charge on any atom is -0.493 e. The normalized spacial score (nSPS) is 17.6. The van der Waals surface area contributed by atoms with Gasteiger partial charge in [0, 0.05) is 36.4 Å². The van der Waals surface area contributed by atoms with E-state index in [4.69, 9.17) is 42.7 Å². The predicted octanol–water partition coefficient (Wildman–Crippen LogP) is 6.16. The minimum atomic E-state index is -0.371. The Balaban J connectivity index is 1.06. The van der Waals surface area contributed by atoms with Gasteiger partial charge in [0.1, 0.15) is 0 Å². The maximum atomic E-state index is 13.1. The molecule has 50 heavy (non-hydrogen) atoms. The number of hydrogen-bond donors (Lipinski definition) is 0. The standard InChI is InChI=1S/C37H43N3O10/c1-42-29-18-25-27(38-21-24-10-9-11-40(24)37(25)41)20-30(29)48-12-7-8-13-49-36-33(45-4)16-23(17-34(36)46-5)28-19-26(39-50-28)22-14-31(43-2)35(47-6)32(15-22)44-3/h14-18,20-21,24,28H,7-13,19H2,1-6H3/t24-,28?/m0/s1. The molecule has 0 aliphatic carbocycles. The number of oxime groups is 1. The third-order valence-corrected chi connectivity index (χ3v) is 9.02. The molecule has 1 fully saturated rings. The molecule has 0 N–H and O–H groups in total. The van der Waals surface area contributed by atoms with Gasteiger partial charge in [-0.2, -0.15) is 0 Å². The molecule has 0 aromatic heterocycles. The van der Waals surface area contributed by atoms with E-state index in [1.165, 1.54) is 0 Å². The van der Waals surface area contributed by atoms with Crippen LogP contribution in [0.2, 0.25) is 0 Å². The van der Waals surface area contributed by atoms with Crippen molar-refractivity contribution in [1.29, 1.82) is 0 Å². The van der Waals surface area contributed by atoms with E-state index in [0.29, 0.717) is 89.7 Å². The number of rotatable bonds is 15. The fraction of sp³-hybridized carbons (Fsp3) is 0.432. The molecule has 13 nitrogen and oxygen atoms in total. The highest BCUT2D eigenvalue weighted by atomic mass is 16.6. The monoisotopic (exact) mass is 689 g/mol. The number of fused-ring (bicyclic) bond motifs is 2. The molecular formula is C37H43N3O10. The Labute approximate surface area is 291 Å². The number of amides is 1. The number of carbonyl (C=O) groups is 1. The number of nitrogens with zero attached hydrogens (tertiary/aromatic N) is 3. The molecule has 0 bridgehead atoms. The quantitative estimate of drug-likeness (QED) is 0.171. The van der Waals surface area contributed by atoms with Crippen LogP contribution in [-0.4, -0.2) is 91.2 Å². The Morgan fingerprint density at radius 2 is 1.38 bits per heavy atom. The van der Waals surface area contributed by atoms with Crippen molar-refractivity contribution in [2.24, 2.45) is 10.1 Å². The molecule has 3 heterocycles. The van der Waals surface area contributed by atoms with Crippen LogP contribution in [0.4, 0.5) is 5.69 Å². The Bertz CT molecular complexity index is 1720. The van der Waals surface area contributed by atoms with Crippen molar-refractivity contribution in [3.63, 3.8) is 0 Å². The van der Waals surface area contributed by atoms with Gasteiger partial charge < -0.3 is 47.6 Å². The van der Waals surface area contributed by atoms with E-state index in [1.807, 2.05) is 35.4 Å². The minimum absolute atomic E-state index is 0.0228. The Morgan fingerprint density at radius 1 is 0.740 bits per heavy atom. The summed E-state index contributed by atoms with van der Waals surface area (Å²) < 4.78 is 45.7. The van der Waals surface area contributed by atoms with Gasteiger partial charge in [-0.1, -0.05) is 5.16 Å². The first-order valence-corrected chi connectivity index (χ1v) is 16.5. The first-order valence-electron chi connectivity index (χ1n) is 16.5. The lowest BCUT2D eigenvalue weighted by molar-refractivity contribution is 0.0774. The van der Waals surface area contributed by atoms with Crippen LogP contribution in [0.25, 0.3) is 0 Å². The third-order valence-electron chi connectivity index (χ3n) is 9.02. The fourth-order valence-electron chi connectivity index (χ4n) is 6.38. The van der Waals surface area contributed by atoms with Gasteiger partial charge in [-0.15, -0.1) is 0 Å². The lowest BCUT2D eigenvalue weighted by Crippen LogP contribution is -2.35. The highest BCUT2D eigenvalue weighted by molar-refractivity contribution is 6.04. The van der Waals surface area contributed by atoms with E-state index in [0.717, 1.165) is 36.2 Å². The number of methoxy groups -OCH3 is 6. The van der Waals surface area contributed by atoms with Crippen LogP contribution in [-0.2, 0) is 4.84 Å². The number of hydrogen-bond acceptors (Lipinski definition) is 12. The zero-order valence-corrected chi connectivity index (χ0v) is 29.3. The molecule has 0 saturated carbocycles. The Hall–Kier alpha value is -5.33. The lowest BCUT2D eigenvalue weighted by Gasteiger charge is -2.20. The predicted molar refractivity (Wildman–Crippen MR) is 186 cm³/mol. The molecule has 0 spiro atoms. The molecule has 6 rings (SSSR count). The molecule has 13 heteroatoms. The molecular weight excluding hydrogens is 646 g/mol. The van der Waals surface area contributed by atoms with Crippen molar-refractivity contribution in [3.05, 3.63) is 53.1 Å². The number of carbonyl (C=O) groups excluding carboxylic acids is 1.